The molecule has 0 N–H and O–H groups in total. The predicted octanol–water partition coefficient (Wildman–Crippen LogP) is -0.0203. The summed E-state index contributed by atoms with van der Waals surface area (Å²) in [5.74, 6) is -2.85. The molecule has 0 spiro atoms. The van der Waals surface area contributed by atoms with Crippen molar-refractivity contribution in [3.8, 4) is 0 Å². The summed E-state index contributed by atoms with van der Waals surface area (Å²) in [7, 11) is -4.61. The molecule has 3 rings (SSSR count). The standard InChI is InChI=1S/C27H31O6Si3/c1-5-27(24(28)31-34-21-12-6-18(2)7-13-21,25(29)32-35-22-14-8-19(3)9-15-22)26(30)33-36-23-16-10-20(4)11-17-23/h6-17H,1,5,34-36H2,2-4H3. The molecule has 9 heteroatoms. The molecule has 0 amide bonds. The summed E-state index contributed by atoms with van der Waals surface area (Å²) in [6.45, 7) is 9.66. The molecule has 3 aromatic carbocycles. The minimum atomic E-state index is -2.24. The molecule has 0 aliphatic rings. The summed E-state index contributed by atoms with van der Waals surface area (Å²) in [5.41, 5.74) is 1.01. The Morgan fingerprint density at radius 2 is 0.833 bits per heavy atom. The lowest BCUT2D eigenvalue weighted by atomic mass is 9.85. The van der Waals surface area contributed by atoms with Crippen LogP contribution in [0.4, 0.5) is 0 Å². The Morgan fingerprint density at radius 1 is 0.583 bits per heavy atom. The van der Waals surface area contributed by atoms with E-state index in [-0.39, 0.29) is 6.42 Å². The fourth-order valence-electron chi connectivity index (χ4n) is 3.43. The van der Waals surface area contributed by atoms with Crippen molar-refractivity contribution >= 4 is 62.8 Å². The van der Waals surface area contributed by atoms with Crippen molar-refractivity contribution in [3.63, 3.8) is 0 Å². The lowest BCUT2D eigenvalue weighted by molar-refractivity contribution is -0.171. The van der Waals surface area contributed by atoms with Gasteiger partial charge in [0.1, 0.15) is 0 Å². The summed E-state index contributed by atoms with van der Waals surface area (Å²) >= 11 is 0. The van der Waals surface area contributed by atoms with Gasteiger partial charge in [0.25, 0.3) is 34.7 Å². The van der Waals surface area contributed by atoms with E-state index in [1.165, 1.54) is 0 Å². The van der Waals surface area contributed by atoms with Gasteiger partial charge < -0.3 is 13.3 Å². The highest BCUT2D eigenvalue weighted by atomic mass is 28.2. The van der Waals surface area contributed by atoms with Crippen molar-refractivity contribution in [2.45, 2.75) is 27.2 Å². The highest BCUT2D eigenvalue weighted by Crippen LogP contribution is 2.28. The number of carbonyl (C=O) groups is 3. The lowest BCUT2D eigenvalue weighted by Crippen LogP contribution is -2.51. The first-order valence-corrected chi connectivity index (χ1v) is 15.6. The van der Waals surface area contributed by atoms with Gasteiger partial charge in [0.05, 0.1) is 0 Å². The van der Waals surface area contributed by atoms with E-state index in [4.69, 9.17) is 13.3 Å². The highest BCUT2D eigenvalue weighted by Gasteiger charge is 2.55. The van der Waals surface area contributed by atoms with Gasteiger partial charge in [-0.2, -0.15) is 0 Å². The molecule has 36 heavy (non-hydrogen) atoms. The SMILES string of the molecule is [CH2]CC(C(=O)O[SiH2]c1ccc(C)cc1)(C(=O)O[SiH2]c1ccc(C)cc1)C(=O)O[SiH2]c1ccc(C)cc1. The average molecular weight is 536 g/mol. The van der Waals surface area contributed by atoms with E-state index in [9.17, 15) is 14.4 Å². The zero-order valence-corrected chi connectivity index (χ0v) is 25.2. The van der Waals surface area contributed by atoms with Crippen LogP contribution < -0.4 is 15.6 Å². The molecule has 0 heterocycles. The van der Waals surface area contributed by atoms with Crippen LogP contribution in [-0.4, -0.2) is 47.2 Å². The van der Waals surface area contributed by atoms with Gasteiger partial charge in [-0.3, -0.25) is 14.4 Å². The van der Waals surface area contributed by atoms with Crippen LogP contribution in [0.5, 0.6) is 0 Å². The van der Waals surface area contributed by atoms with Gasteiger partial charge in [-0.15, -0.1) is 0 Å². The number of aryl methyl sites for hydroxylation is 3. The van der Waals surface area contributed by atoms with Crippen LogP contribution in [0.3, 0.4) is 0 Å². The maximum atomic E-state index is 13.3. The van der Waals surface area contributed by atoms with E-state index in [2.05, 4.69) is 6.92 Å². The Bertz CT molecular complexity index is 1040. The van der Waals surface area contributed by atoms with E-state index >= 15 is 0 Å². The molecule has 0 unspecified atom stereocenters. The van der Waals surface area contributed by atoms with Crippen LogP contribution in [0.1, 0.15) is 23.1 Å². The van der Waals surface area contributed by atoms with E-state index in [0.29, 0.717) is 0 Å². The molecule has 0 fully saturated rings. The Balaban J connectivity index is 1.80. The van der Waals surface area contributed by atoms with Gasteiger partial charge in [0, 0.05) is 0 Å². The fourth-order valence-corrected chi connectivity index (χ4v) is 6.34. The number of hydrogen-bond donors (Lipinski definition) is 0. The fraction of sp³-hybridized carbons (Fsp3) is 0.185. The topological polar surface area (TPSA) is 78.9 Å². The molecule has 0 saturated heterocycles. The highest BCUT2D eigenvalue weighted by molar-refractivity contribution is 6.52. The Hall–Kier alpha value is -3.28. The average Bonchev–Trinajstić information content (AvgIpc) is 2.88. The van der Waals surface area contributed by atoms with E-state index in [1.54, 1.807) is 0 Å². The monoisotopic (exact) mass is 535 g/mol. The quantitative estimate of drug-likeness (QED) is 0.268. The Morgan fingerprint density at radius 3 is 1.06 bits per heavy atom. The number of benzene rings is 3. The van der Waals surface area contributed by atoms with E-state index in [0.717, 1.165) is 32.3 Å². The van der Waals surface area contributed by atoms with Crippen LogP contribution in [0.15, 0.2) is 72.8 Å². The molecule has 187 valence electrons. The van der Waals surface area contributed by atoms with Crippen LogP contribution in [0.25, 0.3) is 0 Å². The predicted molar refractivity (Wildman–Crippen MR) is 149 cm³/mol. The first-order chi connectivity index (χ1) is 17.2. The molecule has 0 aliphatic heterocycles. The molecule has 6 nitrogen and oxygen atoms in total. The normalized spacial score (nSPS) is 13.3. The maximum absolute atomic E-state index is 13.3. The minimum absolute atomic E-state index is 0.351. The second-order valence-corrected chi connectivity index (χ2v) is 13.0. The molecule has 0 aliphatic carbocycles. The third-order valence-electron chi connectivity index (χ3n) is 5.89. The molecule has 0 saturated carbocycles. The molecular formula is C27H31O6Si3. The lowest BCUT2D eigenvalue weighted by Gasteiger charge is -2.27. The Kier molecular flexibility index (Phi) is 9.57. The number of hydrogen-bond acceptors (Lipinski definition) is 6. The number of carbonyl (C=O) groups excluding carboxylic acids is 3. The second-order valence-electron chi connectivity index (χ2n) is 8.84. The molecule has 0 aromatic heterocycles. The summed E-state index contributed by atoms with van der Waals surface area (Å²) in [6, 6.07) is 22.8. The van der Waals surface area contributed by atoms with Crippen LogP contribution in [0, 0.1) is 33.1 Å². The van der Waals surface area contributed by atoms with E-state index in [1.807, 2.05) is 93.6 Å². The van der Waals surface area contributed by atoms with Gasteiger partial charge in [-0.05, 0) is 42.8 Å². The van der Waals surface area contributed by atoms with Crippen LogP contribution in [0.2, 0.25) is 0 Å². The zero-order chi connectivity index (χ0) is 26.1. The molecular weight excluding hydrogens is 505 g/mol. The summed E-state index contributed by atoms with van der Waals surface area (Å²) in [5, 5.41) is 2.62. The Labute approximate surface area is 219 Å². The van der Waals surface area contributed by atoms with Crippen molar-refractivity contribution in [3.05, 3.63) is 96.4 Å². The molecule has 1 radical (unpaired) electrons. The van der Waals surface area contributed by atoms with Crippen LogP contribution >= 0.6 is 0 Å². The van der Waals surface area contributed by atoms with Crippen molar-refractivity contribution < 1.29 is 27.7 Å². The smallest absolute Gasteiger partial charge is 0.321 e. The largest absolute Gasteiger partial charge is 0.519 e. The van der Waals surface area contributed by atoms with Crippen molar-refractivity contribution in [1.29, 1.82) is 0 Å². The minimum Gasteiger partial charge on any atom is -0.519 e. The summed E-state index contributed by atoms with van der Waals surface area (Å²) < 4.78 is 16.8. The first-order valence-electron chi connectivity index (χ1n) is 11.7. The summed E-state index contributed by atoms with van der Waals surface area (Å²) in [4.78, 5) is 40.0. The zero-order valence-electron chi connectivity index (χ0n) is 20.9. The molecule has 0 bridgehead atoms. The van der Waals surface area contributed by atoms with Gasteiger partial charge in [-0.1, -0.05) is 96.4 Å². The first kappa shape index (κ1) is 27.3. The third kappa shape index (κ3) is 6.90. The van der Waals surface area contributed by atoms with E-state index < -0.39 is 52.6 Å². The van der Waals surface area contributed by atoms with Crippen LogP contribution in [-0.2, 0) is 27.7 Å². The molecule has 0 atom stereocenters. The van der Waals surface area contributed by atoms with Gasteiger partial charge in [-0.25, -0.2) is 0 Å². The van der Waals surface area contributed by atoms with Gasteiger partial charge in [0.2, 0.25) is 0 Å². The second kappa shape index (κ2) is 12.6. The van der Waals surface area contributed by atoms with Crippen molar-refractivity contribution in [2.24, 2.45) is 5.41 Å². The number of rotatable bonds is 10. The van der Waals surface area contributed by atoms with Gasteiger partial charge in [0.15, 0.2) is 0 Å². The van der Waals surface area contributed by atoms with Gasteiger partial charge >= 0.3 is 17.9 Å². The summed E-state index contributed by atoms with van der Waals surface area (Å²) in [6.07, 6.45) is -0.351. The van der Waals surface area contributed by atoms with Crippen molar-refractivity contribution in [1.82, 2.24) is 0 Å². The van der Waals surface area contributed by atoms with Crippen molar-refractivity contribution in [2.75, 3.05) is 0 Å². The molecule has 3 aromatic rings. The maximum Gasteiger partial charge on any atom is 0.321 e. The third-order valence-corrected chi connectivity index (χ3v) is 9.53.